The molecule has 4 aromatic carbocycles. The van der Waals surface area contributed by atoms with E-state index in [-0.39, 0.29) is 54.7 Å². The minimum absolute atomic E-state index is 0.00327. The molecule has 0 radical (unpaired) electrons. The van der Waals surface area contributed by atoms with Gasteiger partial charge in [-0.2, -0.15) is 15.3 Å². The van der Waals surface area contributed by atoms with Crippen molar-refractivity contribution < 1.29 is 34.1 Å². The number of nitrogens with one attached hydrogen (secondary N) is 4. The highest BCUT2D eigenvalue weighted by molar-refractivity contribution is 6.08. The zero-order chi connectivity index (χ0) is 58.4. The number of amides is 3. The van der Waals surface area contributed by atoms with Gasteiger partial charge in [-0.15, -0.1) is 0 Å². The molecule has 22 heteroatoms. The van der Waals surface area contributed by atoms with E-state index in [1.54, 1.807) is 17.3 Å². The second kappa shape index (κ2) is 21.8. The van der Waals surface area contributed by atoms with Crippen LogP contribution in [-0.2, 0) is 27.5 Å². The summed E-state index contributed by atoms with van der Waals surface area (Å²) in [6.45, 7) is 11.4. The van der Waals surface area contributed by atoms with Crippen molar-refractivity contribution in [2.75, 3.05) is 57.4 Å². The molecule has 6 atom stereocenters. The lowest BCUT2D eigenvalue weighted by molar-refractivity contribution is -0.142. The number of likely N-dealkylation sites (tertiary alicyclic amines) is 1. The van der Waals surface area contributed by atoms with Crippen molar-refractivity contribution >= 4 is 67.2 Å². The van der Waals surface area contributed by atoms with Gasteiger partial charge in [0.15, 0.2) is 11.3 Å². The number of fused-ring (bicyclic) bond motifs is 7. The number of H-pyrrole nitrogens is 2. The number of piperazine rings is 1. The Morgan fingerprint density at radius 2 is 1.73 bits per heavy atom. The molecule has 0 unspecified atom stereocenters. The molecule has 22 nitrogen and oxygen atoms in total. The fraction of sp³-hybridized carbons (Fsp3) is 0.413. The number of anilines is 1. The highest BCUT2D eigenvalue weighted by Crippen LogP contribution is 2.53. The fourth-order valence-corrected chi connectivity index (χ4v) is 13.5. The topological polar surface area (TPSA) is 267 Å². The third-order valence-corrected chi connectivity index (χ3v) is 18.0. The van der Waals surface area contributed by atoms with Gasteiger partial charge >= 0.3 is 0 Å². The molecule has 4 saturated heterocycles. The van der Waals surface area contributed by atoms with E-state index in [1.165, 1.54) is 9.58 Å². The summed E-state index contributed by atoms with van der Waals surface area (Å²) in [6.07, 6.45) is 7.33. The van der Waals surface area contributed by atoms with E-state index in [0.29, 0.717) is 72.0 Å². The molecule has 2 bridgehead atoms. The number of carbonyl (C=O) groups is 3. The average Bonchev–Trinajstić information content (AvgIpc) is 2.35. The first-order chi connectivity index (χ1) is 41.3. The van der Waals surface area contributed by atoms with Crippen LogP contribution < -0.4 is 25.8 Å². The number of aliphatic hydroxyl groups is 2. The van der Waals surface area contributed by atoms with Crippen LogP contribution in [0.4, 0.5) is 5.82 Å². The van der Waals surface area contributed by atoms with Crippen LogP contribution in [0.3, 0.4) is 0 Å². The maximum atomic E-state index is 14.9. The lowest BCUT2D eigenvalue weighted by atomic mass is 9.89. The number of aryl methyl sites for hydroxylation is 2. The number of hydrogen-bond donors (Lipinski definition) is 6. The molecule has 5 aromatic heterocycles. The summed E-state index contributed by atoms with van der Waals surface area (Å²) in [5.41, 5.74) is 8.96. The fourth-order valence-electron chi connectivity index (χ4n) is 13.5. The quantitative estimate of drug-likeness (QED) is 0.0644. The predicted molar refractivity (Wildman–Crippen MR) is 319 cm³/mol. The molecule has 0 spiro atoms. The third-order valence-electron chi connectivity index (χ3n) is 18.0. The Morgan fingerprint density at radius 1 is 0.906 bits per heavy atom. The molecule has 438 valence electrons. The Bertz CT molecular complexity index is 4160. The smallest absolute Gasteiger partial charge is 0.291 e. The number of aromatic amines is 2. The van der Waals surface area contributed by atoms with E-state index in [1.807, 2.05) is 86.2 Å². The second-order valence-corrected chi connectivity index (χ2v) is 23.8. The molecule has 9 aromatic rings. The van der Waals surface area contributed by atoms with Crippen LogP contribution >= 0.6 is 0 Å². The van der Waals surface area contributed by atoms with E-state index in [9.17, 15) is 29.4 Å². The van der Waals surface area contributed by atoms with E-state index in [2.05, 4.69) is 54.9 Å². The highest BCUT2D eigenvalue weighted by atomic mass is 16.5. The number of ether oxygens (including phenoxy) is 2. The number of carbonyl (C=O) groups excluding carboxylic acids is 3. The lowest BCUT2D eigenvalue weighted by Gasteiger charge is -2.31. The molecule has 14 rings (SSSR count). The van der Waals surface area contributed by atoms with E-state index < -0.39 is 48.2 Å². The molecular weight excluding hydrogens is 1080 g/mol. The molecule has 6 N–H and O–H groups in total. The first-order valence-electron chi connectivity index (χ1n) is 29.7. The van der Waals surface area contributed by atoms with Crippen molar-refractivity contribution in [2.45, 2.75) is 109 Å². The average molecular weight is 1150 g/mol. The summed E-state index contributed by atoms with van der Waals surface area (Å²) in [4.78, 5) is 76.7. The van der Waals surface area contributed by atoms with Crippen LogP contribution in [0.5, 0.6) is 5.75 Å². The predicted octanol–water partition coefficient (Wildman–Crippen LogP) is 6.04. The Kier molecular flexibility index (Phi) is 13.9. The summed E-state index contributed by atoms with van der Waals surface area (Å²) in [6, 6.07) is 19.3. The first-order valence-corrected chi connectivity index (χ1v) is 29.7. The molecule has 9 heterocycles. The Labute approximate surface area is 488 Å². The van der Waals surface area contributed by atoms with Crippen LogP contribution in [0.2, 0.25) is 0 Å². The molecule has 5 fully saturated rings. The van der Waals surface area contributed by atoms with Gasteiger partial charge in [0, 0.05) is 103 Å². The maximum Gasteiger partial charge on any atom is 0.291 e. The van der Waals surface area contributed by atoms with Gasteiger partial charge in [0.2, 0.25) is 17.6 Å². The normalized spacial score (nSPS) is 20.4. The number of nitrogens with zero attached hydrogens (tertiary/aromatic N) is 10. The summed E-state index contributed by atoms with van der Waals surface area (Å²) >= 11 is 0. The SMILES string of the molecule is CCn1nccc1-c1ccc([C@H](CO)NC(=O)[C@@H]2C[C@@H](O)CN2C(=O)[C@H](C(C)C)n2cc3c(n2)c(=O)[nH]c2cc(COc4c(-c5c(C)ccc6[nH]ncc56)c(C5CC5)cc5c(N6C[C@@H]7C[C@H]6CN7)nc(C(=O)N6CCOCC6)nc45)ccc23)cc1. The second-order valence-electron chi connectivity index (χ2n) is 23.8. The summed E-state index contributed by atoms with van der Waals surface area (Å²) in [7, 11) is 0. The Morgan fingerprint density at radius 3 is 2.47 bits per heavy atom. The first kappa shape index (κ1) is 54.4. The Balaban J connectivity index is 0.794. The molecule has 3 amide bonds. The summed E-state index contributed by atoms with van der Waals surface area (Å²) < 4.78 is 16.3. The number of β-amino-alcohol motifs (C(OH)–C–C–N with tert-alkyl or cyclic N) is 1. The van der Waals surface area contributed by atoms with E-state index in [0.717, 1.165) is 93.5 Å². The zero-order valence-corrected chi connectivity index (χ0v) is 47.9. The van der Waals surface area contributed by atoms with Crippen molar-refractivity contribution in [3.05, 3.63) is 124 Å². The molecule has 1 saturated carbocycles. The minimum Gasteiger partial charge on any atom is -0.486 e. The van der Waals surface area contributed by atoms with Gasteiger partial charge in [-0.25, -0.2) is 9.97 Å². The largest absolute Gasteiger partial charge is 0.486 e. The molecular formula is C63H68N14O8. The van der Waals surface area contributed by atoms with Crippen LogP contribution in [0.15, 0.2) is 90.1 Å². The Hall–Kier alpha value is -8.57. The summed E-state index contributed by atoms with van der Waals surface area (Å²) in [5.74, 6) is 0.0648. The number of hydrogen-bond acceptors (Lipinski definition) is 15. The van der Waals surface area contributed by atoms with Crippen LogP contribution in [0.25, 0.3) is 66.0 Å². The monoisotopic (exact) mass is 1150 g/mol. The maximum absolute atomic E-state index is 14.9. The number of morpholine rings is 1. The number of aliphatic hydroxyl groups excluding tert-OH is 2. The molecule has 4 aliphatic heterocycles. The third kappa shape index (κ3) is 9.73. The molecule has 1 aliphatic carbocycles. The van der Waals surface area contributed by atoms with E-state index >= 15 is 0 Å². The zero-order valence-electron chi connectivity index (χ0n) is 47.9. The van der Waals surface area contributed by atoms with Crippen molar-refractivity contribution in [1.29, 1.82) is 0 Å². The summed E-state index contributed by atoms with van der Waals surface area (Å²) in [5, 5.41) is 47.9. The number of benzene rings is 4. The van der Waals surface area contributed by atoms with Gasteiger partial charge in [-0.05, 0) is 103 Å². The van der Waals surface area contributed by atoms with E-state index in [4.69, 9.17) is 24.5 Å². The van der Waals surface area contributed by atoms with Gasteiger partial charge in [0.25, 0.3) is 11.5 Å². The number of pyridine rings is 1. The van der Waals surface area contributed by atoms with Gasteiger partial charge in [-0.3, -0.25) is 33.6 Å². The van der Waals surface area contributed by atoms with Crippen molar-refractivity contribution in [1.82, 2.24) is 65.1 Å². The molecule has 5 aliphatic rings. The van der Waals surface area contributed by atoms with Crippen LogP contribution in [-0.4, -0.2) is 159 Å². The van der Waals surface area contributed by atoms with Gasteiger partial charge < -0.3 is 50.0 Å². The standard InChI is InChI=1S/C63H68N14O8/c1-5-76-50(16-17-66-76)38-12-10-37(11-13-38)49(31-78)68-60(80)51-24-41(79)29-75(51)62(82)56(33(2)3)77-30-46-42-14-7-35(22-48(42)67-61(81)55(46)72-77)32-85-57-53(52-34(4)6-15-47-45(52)27-65-71-47)43(36-8-9-36)25-44-54(57)69-58(63(83)73-18-20-84-21-19-73)70-59(44)74-28-39-23-40(74)26-64-39/h6-7,10-17,22,25,27,30,33,36,39-41,49,51,56,64,78-79H,5,8-9,18-21,23-24,26,28-29,31-32H2,1-4H3,(H,65,71)(H,67,81)(H,68,80)/t39-,40-,41+,49-,51-,56-/m0/s1. The number of aromatic nitrogens is 9. The van der Waals surface area contributed by atoms with Crippen molar-refractivity contribution in [2.24, 2.45) is 5.92 Å². The highest BCUT2D eigenvalue weighted by Gasteiger charge is 2.44. The minimum atomic E-state index is -1.04. The number of rotatable bonds is 16. The van der Waals surface area contributed by atoms with Crippen LogP contribution in [0.1, 0.15) is 97.3 Å². The van der Waals surface area contributed by atoms with Crippen molar-refractivity contribution in [3.8, 4) is 28.1 Å². The lowest BCUT2D eigenvalue weighted by Crippen LogP contribution is -2.50. The van der Waals surface area contributed by atoms with Gasteiger partial charge in [-0.1, -0.05) is 56.3 Å². The van der Waals surface area contributed by atoms with Gasteiger partial charge in [0.05, 0.1) is 49.4 Å². The molecule has 85 heavy (non-hydrogen) atoms. The van der Waals surface area contributed by atoms with Crippen LogP contribution in [0, 0.1) is 12.8 Å². The van der Waals surface area contributed by atoms with Crippen molar-refractivity contribution in [3.63, 3.8) is 0 Å². The van der Waals surface area contributed by atoms with Gasteiger partial charge in [0.1, 0.15) is 30.0 Å².